The van der Waals surface area contributed by atoms with Crippen molar-refractivity contribution in [2.75, 3.05) is 39.5 Å². The number of nitrogens with zero attached hydrogens (tertiary/aromatic N) is 2. The lowest BCUT2D eigenvalue weighted by Crippen LogP contribution is -2.50. The Labute approximate surface area is 98.7 Å². The average molecular weight is 246 g/mol. The second-order valence-electron chi connectivity index (χ2n) is 5.50. The zero-order chi connectivity index (χ0) is 11.8. The van der Waals surface area contributed by atoms with Gasteiger partial charge in [0.25, 0.3) is 0 Å². The van der Waals surface area contributed by atoms with E-state index in [1.807, 2.05) is 0 Å². The van der Waals surface area contributed by atoms with Crippen LogP contribution in [0, 0.1) is 5.41 Å². The van der Waals surface area contributed by atoms with Gasteiger partial charge < -0.3 is 4.90 Å². The molecule has 2 heterocycles. The van der Waals surface area contributed by atoms with Gasteiger partial charge in [0.2, 0.25) is 10.0 Å². The molecule has 0 unspecified atom stereocenters. The minimum Gasteiger partial charge on any atom is -0.306 e. The van der Waals surface area contributed by atoms with Gasteiger partial charge in [-0.05, 0) is 51.2 Å². The van der Waals surface area contributed by atoms with Gasteiger partial charge in [-0.3, -0.25) is 0 Å². The Kier molecular flexibility index (Phi) is 3.29. The first-order chi connectivity index (χ1) is 7.41. The fraction of sp³-hybridized carbons (Fsp3) is 1.00. The van der Waals surface area contributed by atoms with Gasteiger partial charge in [-0.25, -0.2) is 12.7 Å². The maximum Gasteiger partial charge on any atom is 0.211 e. The summed E-state index contributed by atoms with van der Waals surface area (Å²) in [4.78, 5) is 2.34. The standard InChI is InChI=1S/C11H22N2O2S/c1-12-8-5-11(6-9-12)4-3-7-13(10-11)16(2,14)15/h3-10H2,1-2H3. The summed E-state index contributed by atoms with van der Waals surface area (Å²) in [6.07, 6.45) is 5.86. The van der Waals surface area contributed by atoms with E-state index in [1.165, 1.54) is 12.7 Å². The molecule has 0 bridgehead atoms. The number of likely N-dealkylation sites (tertiary alicyclic amines) is 1. The van der Waals surface area contributed by atoms with Gasteiger partial charge >= 0.3 is 0 Å². The molecule has 0 amide bonds. The fourth-order valence-electron chi connectivity index (χ4n) is 2.95. The Bertz CT molecular complexity index is 345. The van der Waals surface area contributed by atoms with E-state index in [0.717, 1.165) is 45.4 Å². The largest absolute Gasteiger partial charge is 0.306 e. The molecule has 2 saturated heterocycles. The molecule has 4 nitrogen and oxygen atoms in total. The predicted molar refractivity (Wildman–Crippen MR) is 64.8 cm³/mol. The molecule has 0 aliphatic carbocycles. The van der Waals surface area contributed by atoms with Crippen molar-refractivity contribution in [3.63, 3.8) is 0 Å². The van der Waals surface area contributed by atoms with Gasteiger partial charge in [0.05, 0.1) is 6.26 Å². The van der Waals surface area contributed by atoms with Crippen molar-refractivity contribution >= 4 is 10.0 Å². The predicted octanol–water partition coefficient (Wildman–Crippen LogP) is 0.754. The molecule has 2 aliphatic rings. The molecule has 0 N–H and O–H groups in total. The van der Waals surface area contributed by atoms with Gasteiger partial charge in [0.15, 0.2) is 0 Å². The molecule has 0 aromatic heterocycles. The van der Waals surface area contributed by atoms with Gasteiger partial charge in [-0.1, -0.05) is 0 Å². The van der Waals surface area contributed by atoms with E-state index in [9.17, 15) is 8.42 Å². The number of hydrogen-bond donors (Lipinski definition) is 0. The third-order valence-corrected chi connectivity index (χ3v) is 5.39. The van der Waals surface area contributed by atoms with Crippen molar-refractivity contribution in [2.45, 2.75) is 25.7 Å². The molecule has 0 radical (unpaired) electrons. The SMILES string of the molecule is CN1CCC2(CCCN(S(C)(=O)=O)C2)CC1. The third kappa shape index (κ3) is 2.57. The minimum absolute atomic E-state index is 0.272. The lowest BCUT2D eigenvalue weighted by molar-refractivity contribution is 0.0632. The molecule has 1 spiro atoms. The van der Waals surface area contributed by atoms with E-state index >= 15 is 0 Å². The van der Waals surface area contributed by atoms with Crippen molar-refractivity contribution in [3.05, 3.63) is 0 Å². The van der Waals surface area contributed by atoms with Crippen LogP contribution in [0.5, 0.6) is 0 Å². The summed E-state index contributed by atoms with van der Waals surface area (Å²) in [5.74, 6) is 0. The summed E-state index contributed by atoms with van der Waals surface area (Å²) in [7, 11) is -0.852. The fourth-order valence-corrected chi connectivity index (χ4v) is 3.92. The van der Waals surface area contributed by atoms with Crippen LogP contribution < -0.4 is 0 Å². The van der Waals surface area contributed by atoms with E-state index in [0.29, 0.717) is 0 Å². The molecule has 2 rings (SSSR count). The molecule has 94 valence electrons. The average Bonchev–Trinajstić information content (AvgIpc) is 2.22. The number of rotatable bonds is 1. The highest BCUT2D eigenvalue weighted by atomic mass is 32.2. The molecular formula is C11H22N2O2S. The van der Waals surface area contributed by atoms with Crippen molar-refractivity contribution in [1.82, 2.24) is 9.21 Å². The van der Waals surface area contributed by atoms with Crippen molar-refractivity contribution in [3.8, 4) is 0 Å². The van der Waals surface area contributed by atoms with Gasteiger partial charge in [-0.15, -0.1) is 0 Å². The molecule has 2 fully saturated rings. The van der Waals surface area contributed by atoms with E-state index < -0.39 is 10.0 Å². The van der Waals surface area contributed by atoms with Gasteiger partial charge in [-0.2, -0.15) is 0 Å². The van der Waals surface area contributed by atoms with Crippen molar-refractivity contribution < 1.29 is 8.42 Å². The summed E-state index contributed by atoms with van der Waals surface area (Å²) in [5, 5.41) is 0. The monoisotopic (exact) mass is 246 g/mol. The maximum absolute atomic E-state index is 11.6. The normalized spacial score (nSPS) is 28.4. The van der Waals surface area contributed by atoms with E-state index in [2.05, 4.69) is 11.9 Å². The summed E-state index contributed by atoms with van der Waals surface area (Å²) in [6, 6.07) is 0. The number of sulfonamides is 1. The van der Waals surface area contributed by atoms with Crippen LogP contribution in [0.3, 0.4) is 0 Å². The number of piperidine rings is 2. The third-order valence-electron chi connectivity index (χ3n) is 4.14. The molecule has 16 heavy (non-hydrogen) atoms. The Balaban J connectivity index is 2.06. The first-order valence-electron chi connectivity index (χ1n) is 6.05. The quantitative estimate of drug-likeness (QED) is 0.685. The first-order valence-corrected chi connectivity index (χ1v) is 7.90. The van der Waals surface area contributed by atoms with Crippen molar-refractivity contribution in [2.24, 2.45) is 5.41 Å². The van der Waals surface area contributed by atoms with E-state index in [4.69, 9.17) is 0 Å². The second-order valence-corrected chi connectivity index (χ2v) is 7.49. The molecule has 5 heteroatoms. The highest BCUT2D eigenvalue weighted by molar-refractivity contribution is 7.88. The van der Waals surface area contributed by atoms with Crippen LogP contribution in [0.4, 0.5) is 0 Å². The topological polar surface area (TPSA) is 40.6 Å². The maximum atomic E-state index is 11.6. The first kappa shape index (κ1) is 12.3. The summed E-state index contributed by atoms with van der Waals surface area (Å²) < 4.78 is 24.9. The highest BCUT2D eigenvalue weighted by Gasteiger charge is 2.39. The van der Waals surface area contributed by atoms with Crippen LogP contribution in [0.2, 0.25) is 0 Å². The second kappa shape index (κ2) is 4.27. The smallest absolute Gasteiger partial charge is 0.211 e. The molecular weight excluding hydrogens is 224 g/mol. The van der Waals surface area contributed by atoms with E-state index in [-0.39, 0.29) is 5.41 Å². The lowest BCUT2D eigenvalue weighted by Gasteiger charge is -2.46. The van der Waals surface area contributed by atoms with Crippen molar-refractivity contribution in [1.29, 1.82) is 0 Å². The zero-order valence-electron chi connectivity index (χ0n) is 10.3. The van der Waals surface area contributed by atoms with Crippen LogP contribution in [-0.4, -0.2) is 57.1 Å². The Morgan fingerprint density at radius 3 is 2.25 bits per heavy atom. The molecule has 0 aromatic rings. The van der Waals surface area contributed by atoms with Crippen LogP contribution >= 0.6 is 0 Å². The number of hydrogen-bond acceptors (Lipinski definition) is 3. The molecule has 0 saturated carbocycles. The van der Waals surface area contributed by atoms with Gasteiger partial charge in [0.1, 0.15) is 0 Å². The molecule has 2 aliphatic heterocycles. The van der Waals surface area contributed by atoms with Crippen LogP contribution in [0.25, 0.3) is 0 Å². The molecule has 0 atom stereocenters. The van der Waals surface area contributed by atoms with Crippen LogP contribution in [0.15, 0.2) is 0 Å². The summed E-state index contributed by atoms with van der Waals surface area (Å²) in [6.45, 7) is 3.69. The summed E-state index contributed by atoms with van der Waals surface area (Å²) >= 11 is 0. The Hall–Kier alpha value is -0.130. The van der Waals surface area contributed by atoms with Gasteiger partial charge in [0, 0.05) is 13.1 Å². The molecule has 0 aromatic carbocycles. The van der Waals surface area contributed by atoms with E-state index in [1.54, 1.807) is 4.31 Å². The van der Waals surface area contributed by atoms with Crippen LogP contribution in [-0.2, 0) is 10.0 Å². The highest BCUT2D eigenvalue weighted by Crippen LogP contribution is 2.39. The summed E-state index contributed by atoms with van der Waals surface area (Å²) in [5.41, 5.74) is 0.272. The minimum atomic E-state index is -3.00. The Morgan fingerprint density at radius 1 is 1.06 bits per heavy atom. The lowest BCUT2D eigenvalue weighted by atomic mass is 9.73. The zero-order valence-corrected chi connectivity index (χ0v) is 11.1. The Morgan fingerprint density at radius 2 is 1.69 bits per heavy atom. The van der Waals surface area contributed by atoms with Crippen LogP contribution in [0.1, 0.15) is 25.7 Å².